The fourth-order valence-corrected chi connectivity index (χ4v) is 4.95. The van der Waals surface area contributed by atoms with Gasteiger partial charge in [-0.05, 0) is 55.3 Å². The number of carbonyl (C=O) groups excluding carboxylic acids is 1. The maximum Gasteiger partial charge on any atom is 0.133 e. The van der Waals surface area contributed by atoms with Crippen LogP contribution in [0.15, 0.2) is 18.2 Å². The Hall–Kier alpha value is -1.15. The Kier molecular flexibility index (Phi) is 2.41. The first-order valence-electron chi connectivity index (χ1n) is 7.55. The lowest BCUT2D eigenvalue weighted by molar-refractivity contribution is -0.125. The minimum atomic E-state index is 0.158. The van der Waals surface area contributed by atoms with Crippen LogP contribution >= 0.6 is 0 Å². The number of hydrogen-bond acceptors (Lipinski definition) is 2. The molecule has 1 saturated heterocycles. The standard InChI is InChI=1S/C17H21NO/c1-11-3-2-4-14-13(11)9-16-15-6-5-12(19)10-17(14,15)7-8-18-16/h2-4,15-16,18H,5-10H2,1H3. The molecule has 1 saturated carbocycles. The highest BCUT2D eigenvalue weighted by atomic mass is 16.1. The fraction of sp³-hybridized carbons (Fsp3) is 0.588. The van der Waals surface area contributed by atoms with Gasteiger partial charge in [0.2, 0.25) is 0 Å². The predicted molar refractivity (Wildman–Crippen MR) is 75.3 cm³/mol. The number of piperidine rings is 1. The summed E-state index contributed by atoms with van der Waals surface area (Å²) in [7, 11) is 0. The van der Waals surface area contributed by atoms with Crippen molar-refractivity contribution in [1.29, 1.82) is 0 Å². The van der Waals surface area contributed by atoms with Gasteiger partial charge in [0.25, 0.3) is 0 Å². The third-order valence-corrected chi connectivity index (χ3v) is 5.79. The number of benzene rings is 1. The minimum Gasteiger partial charge on any atom is -0.313 e. The van der Waals surface area contributed by atoms with Crippen LogP contribution in [0.3, 0.4) is 0 Å². The Morgan fingerprint density at radius 2 is 2.26 bits per heavy atom. The van der Waals surface area contributed by atoms with Crippen molar-refractivity contribution in [1.82, 2.24) is 5.32 Å². The maximum atomic E-state index is 12.1. The Balaban J connectivity index is 1.94. The van der Waals surface area contributed by atoms with Gasteiger partial charge in [-0.25, -0.2) is 0 Å². The van der Waals surface area contributed by atoms with E-state index in [-0.39, 0.29) is 5.41 Å². The van der Waals surface area contributed by atoms with Gasteiger partial charge in [-0.2, -0.15) is 0 Å². The molecule has 3 atom stereocenters. The van der Waals surface area contributed by atoms with Crippen LogP contribution in [0.2, 0.25) is 0 Å². The molecule has 100 valence electrons. The Labute approximate surface area is 114 Å². The highest BCUT2D eigenvalue weighted by molar-refractivity contribution is 5.81. The molecule has 0 radical (unpaired) electrons. The number of ketones is 1. The lowest BCUT2D eigenvalue weighted by Gasteiger charge is -2.55. The summed E-state index contributed by atoms with van der Waals surface area (Å²) in [6, 6.07) is 7.29. The minimum absolute atomic E-state index is 0.158. The largest absolute Gasteiger partial charge is 0.313 e. The van der Waals surface area contributed by atoms with Gasteiger partial charge < -0.3 is 5.32 Å². The van der Waals surface area contributed by atoms with Gasteiger partial charge in [0.15, 0.2) is 0 Å². The maximum absolute atomic E-state index is 12.1. The van der Waals surface area contributed by atoms with Crippen LogP contribution in [0.5, 0.6) is 0 Å². The van der Waals surface area contributed by atoms with E-state index in [1.807, 2.05) is 0 Å². The van der Waals surface area contributed by atoms with Crippen molar-refractivity contribution < 1.29 is 4.79 Å². The molecule has 19 heavy (non-hydrogen) atoms. The first kappa shape index (κ1) is 11.7. The molecule has 2 nitrogen and oxygen atoms in total. The Bertz CT molecular complexity index is 550. The van der Waals surface area contributed by atoms with Crippen LogP contribution in [0.1, 0.15) is 42.4 Å². The first-order chi connectivity index (χ1) is 9.21. The topological polar surface area (TPSA) is 29.1 Å². The van der Waals surface area contributed by atoms with E-state index in [0.29, 0.717) is 17.7 Å². The zero-order valence-electron chi connectivity index (χ0n) is 11.5. The summed E-state index contributed by atoms with van der Waals surface area (Å²) < 4.78 is 0. The predicted octanol–water partition coefficient (Wildman–Crippen LogP) is 2.52. The van der Waals surface area contributed by atoms with Crippen molar-refractivity contribution >= 4 is 5.78 Å². The summed E-state index contributed by atoms with van der Waals surface area (Å²) in [5.74, 6) is 1.15. The molecule has 2 bridgehead atoms. The smallest absolute Gasteiger partial charge is 0.133 e. The van der Waals surface area contributed by atoms with Crippen LogP contribution in [-0.4, -0.2) is 18.4 Å². The van der Waals surface area contributed by atoms with Crippen LogP contribution in [-0.2, 0) is 16.6 Å². The summed E-state index contributed by atoms with van der Waals surface area (Å²) in [5, 5.41) is 3.72. The molecule has 0 spiro atoms. The number of carbonyl (C=O) groups is 1. The molecule has 4 rings (SSSR count). The zero-order chi connectivity index (χ0) is 13.0. The third kappa shape index (κ3) is 1.50. The molecule has 1 heterocycles. The fourth-order valence-electron chi connectivity index (χ4n) is 4.95. The van der Waals surface area contributed by atoms with E-state index in [9.17, 15) is 4.79 Å². The van der Waals surface area contributed by atoms with Crippen LogP contribution in [0, 0.1) is 12.8 Å². The zero-order valence-corrected chi connectivity index (χ0v) is 11.5. The molecule has 3 aliphatic rings. The second-order valence-electron chi connectivity index (χ2n) is 6.63. The van der Waals surface area contributed by atoms with Gasteiger partial charge in [0.1, 0.15) is 5.78 Å². The van der Waals surface area contributed by atoms with E-state index in [1.54, 1.807) is 0 Å². The van der Waals surface area contributed by atoms with Crippen molar-refractivity contribution in [2.75, 3.05) is 6.54 Å². The molecule has 0 aromatic heterocycles. The number of Topliss-reactive ketones (excluding diaryl/α,β-unsaturated/α-hetero) is 1. The van der Waals surface area contributed by atoms with Crippen molar-refractivity contribution in [2.24, 2.45) is 5.92 Å². The normalized spacial score (nSPS) is 36.6. The quantitative estimate of drug-likeness (QED) is 0.772. The monoisotopic (exact) mass is 255 g/mol. The van der Waals surface area contributed by atoms with E-state index < -0.39 is 0 Å². The van der Waals surface area contributed by atoms with Gasteiger partial charge in [-0.1, -0.05) is 18.2 Å². The van der Waals surface area contributed by atoms with Gasteiger partial charge in [-0.15, -0.1) is 0 Å². The molecule has 2 fully saturated rings. The summed E-state index contributed by atoms with van der Waals surface area (Å²) >= 11 is 0. The van der Waals surface area contributed by atoms with Gasteiger partial charge in [0, 0.05) is 24.3 Å². The molecule has 2 aliphatic carbocycles. The number of fused-ring (bicyclic) bond motifs is 1. The highest BCUT2D eigenvalue weighted by Gasteiger charge is 2.53. The highest BCUT2D eigenvalue weighted by Crippen LogP contribution is 2.53. The SMILES string of the molecule is Cc1cccc2c1CC1NCCC23CC(=O)CCC13. The first-order valence-corrected chi connectivity index (χ1v) is 7.55. The molecule has 1 aliphatic heterocycles. The molecule has 1 N–H and O–H groups in total. The van der Waals surface area contributed by atoms with Gasteiger partial charge in [0.05, 0.1) is 0 Å². The number of rotatable bonds is 0. The van der Waals surface area contributed by atoms with E-state index in [4.69, 9.17) is 0 Å². The molecule has 2 heteroatoms. The van der Waals surface area contributed by atoms with Gasteiger partial charge >= 0.3 is 0 Å². The van der Waals surface area contributed by atoms with Crippen molar-refractivity contribution in [3.63, 3.8) is 0 Å². The Morgan fingerprint density at radius 3 is 3.16 bits per heavy atom. The molecule has 1 aromatic rings. The number of hydrogen-bond donors (Lipinski definition) is 1. The van der Waals surface area contributed by atoms with Crippen molar-refractivity contribution in [2.45, 2.75) is 50.5 Å². The second-order valence-corrected chi connectivity index (χ2v) is 6.63. The van der Waals surface area contributed by atoms with E-state index in [0.717, 1.165) is 38.6 Å². The van der Waals surface area contributed by atoms with E-state index in [1.165, 1.54) is 16.7 Å². The summed E-state index contributed by atoms with van der Waals surface area (Å²) in [4.78, 5) is 12.1. The molecule has 0 amide bonds. The number of aryl methyl sites for hydroxylation is 1. The Morgan fingerprint density at radius 1 is 1.37 bits per heavy atom. The van der Waals surface area contributed by atoms with Crippen LogP contribution < -0.4 is 5.32 Å². The molecular weight excluding hydrogens is 234 g/mol. The lowest BCUT2D eigenvalue weighted by atomic mass is 9.52. The average Bonchev–Trinajstić information content (AvgIpc) is 2.39. The summed E-state index contributed by atoms with van der Waals surface area (Å²) in [6.07, 6.45) is 4.96. The van der Waals surface area contributed by atoms with Crippen molar-refractivity contribution in [3.8, 4) is 0 Å². The van der Waals surface area contributed by atoms with Crippen LogP contribution in [0.25, 0.3) is 0 Å². The second kappa shape index (κ2) is 3.92. The molecule has 1 aromatic carbocycles. The molecular formula is C17H21NO. The molecule has 3 unspecified atom stereocenters. The summed E-state index contributed by atoms with van der Waals surface area (Å²) in [6.45, 7) is 3.29. The third-order valence-electron chi connectivity index (χ3n) is 5.79. The lowest BCUT2D eigenvalue weighted by Crippen LogP contribution is -2.60. The summed E-state index contributed by atoms with van der Waals surface area (Å²) in [5.41, 5.74) is 4.58. The van der Waals surface area contributed by atoms with Crippen molar-refractivity contribution in [3.05, 3.63) is 34.9 Å². The average molecular weight is 255 g/mol. The van der Waals surface area contributed by atoms with Gasteiger partial charge in [-0.3, -0.25) is 4.79 Å². The van der Waals surface area contributed by atoms with E-state index in [2.05, 4.69) is 30.4 Å². The van der Waals surface area contributed by atoms with E-state index >= 15 is 0 Å². The number of nitrogens with one attached hydrogen (secondary N) is 1. The van der Waals surface area contributed by atoms with Crippen LogP contribution in [0.4, 0.5) is 0 Å².